The molecule has 0 radical (unpaired) electrons. The molecule has 0 saturated carbocycles. The first-order valence-electron chi connectivity index (χ1n) is 5.15. The van der Waals surface area contributed by atoms with Gasteiger partial charge in [0, 0.05) is 5.56 Å². The Kier molecular flexibility index (Phi) is 3.22. The van der Waals surface area contributed by atoms with E-state index >= 15 is 0 Å². The first-order valence-corrected chi connectivity index (χ1v) is 5.15. The molecule has 1 heterocycles. The average Bonchev–Trinajstić information content (AvgIpc) is 2.76. The SMILES string of the molecule is CC(O)c1cnn(OCc2ccccc2)c1. The summed E-state index contributed by atoms with van der Waals surface area (Å²) in [4.78, 5) is 6.79. The molecule has 0 fully saturated rings. The predicted molar refractivity (Wildman–Crippen MR) is 59.6 cm³/mol. The molecule has 2 aromatic rings. The van der Waals surface area contributed by atoms with Crippen molar-refractivity contribution < 1.29 is 9.94 Å². The number of aliphatic hydroxyl groups is 1. The molecule has 1 unspecified atom stereocenters. The second-order valence-electron chi connectivity index (χ2n) is 3.61. The number of hydrogen-bond acceptors (Lipinski definition) is 3. The molecule has 0 aliphatic heterocycles. The minimum absolute atomic E-state index is 0.460. The summed E-state index contributed by atoms with van der Waals surface area (Å²) in [5.74, 6) is 0. The molecule has 0 amide bonds. The zero-order chi connectivity index (χ0) is 11.4. The largest absolute Gasteiger partial charge is 0.392 e. The van der Waals surface area contributed by atoms with Gasteiger partial charge in [-0.3, -0.25) is 0 Å². The molecule has 1 aromatic heterocycles. The molecule has 4 heteroatoms. The van der Waals surface area contributed by atoms with Crippen molar-refractivity contribution in [2.75, 3.05) is 0 Å². The van der Waals surface area contributed by atoms with Crippen molar-refractivity contribution in [3.05, 3.63) is 53.9 Å². The van der Waals surface area contributed by atoms with E-state index in [1.165, 1.54) is 4.85 Å². The molecule has 0 aliphatic carbocycles. The highest BCUT2D eigenvalue weighted by atomic mass is 16.7. The van der Waals surface area contributed by atoms with Gasteiger partial charge in [0.25, 0.3) is 0 Å². The fourth-order valence-corrected chi connectivity index (χ4v) is 1.32. The maximum atomic E-state index is 9.31. The van der Waals surface area contributed by atoms with Crippen LogP contribution in [0.2, 0.25) is 0 Å². The molecule has 2 rings (SSSR count). The van der Waals surface area contributed by atoms with E-state index in [2.05, 4.69) is 5.10 Å². The molecule has 0 aliphatic rings. The fraction of sp³-hybridized carbons (Fsp3) is 0.250. The van der Waals surface area contributed by atoms with Crippen LogP contribution in [0.4, 0.5) is 0 Å². The number of nitrogens with zero attached hydrogens (tertiary/aromatic N) is 2. The van der Waals surface area contributed by atoms with Crippen molar-refractivity contribution in [2.24, 2.45) is 0 Å². The Morgan fingerprint density at radius 1 is 1.38 bits per heavy atom. The first kappa shape index (κ1) is 10.7. The van der Waals surface area contributed by atoms with Crippen molar-refractivity contribution >= 4 is 0 Å². The van der Waals surface area contributed by atoms with Gasteiger partial charge in [0.1, 0.15) is 6.61 Å². The van der Waals surface area contributed by atoms with Crippen LogP contribution in [0.5, 0.6) is 0 Å². The molecule has 4 nitrogen and oxygen atoms in total. The fourth-order valence-electron chi connectivity index (χ4n) is 1.32. The van der Waals surface area contributed by atoms with Gasteiger partial charge < -0.3 is 9.94 Å². The van der Waals surface area contributed by atoms with Gasteiger partial charge in [0.2, 0.25) is 0 Å². The summed E-state index contributed by atoms with van der Waals surface area (Å²) >= 11 is 0. The lowest BCUT2D eigenvalue weighted by Gasteiger charge is -2.04. The van der Waals surface area contributed by atoms with Gasteiger partial charge in [-0.05, 0) is 12.5 Å². The standard InChI is InChI=1S/C12H14N2O2/c1-10(15)12-7-13-14(8-12)16-9-11-5-3-2-4-6-11/h2-8,10,15H,9H2,1H3. The quantitative estimate of drug-likeness (QED) is 0.847. The molecule has 16 heavy (non-hydrogen) atoms. The topological polar surface area (TPSA) is 47.3 Å². The molecular weight excluding hydrogens is 204 g/mol. The highest BCUT2D eigenvalue weighted by Crippen LogP contribution is 2.09. The normalized spacial score (nSPS) is 12.4. The lowest BCUT2D eigenvalue weighted by molar-refractivity contribution is 0.0693. The second kappa shape index (κ2) is 4.81. The Bertz CT molecular complexity index is 437. The van der Waals surface area contributed by atoms with Crippen LogP contribution in [-0.2, 0) is 6.61 Å². The Hall–Kier alpha value is -1.81. The van der Waals surface area contributed by atoms with Gasteiger partial charge in [-0.2, -0.15) is 0 Å². The van der Waals surface area contributed by atoms with Gasteiger partial charge in [-0.25, -0.2) is 0 Å². The second-order valence-corrected chi connectivity index (χ2v) is 3.61. The Morgan fingerprint density at radius 3 is 2.75 bits per heavy atom. The summed E-state index contributed by atoms with van der Waals surface area (Å²) in [6.45, 7) is 2.15. The molecule has 1 atom stereocenters. The van der Waals surface area contributed by atoms with Crippen LogP contribution in [0.25, 0.3) is 0 Å². The van der Waals surface area contributed by atoms with Gasteiger partial charge >= 0.3 is 0 Å². The molecule has 1 aromatic carbocycles. The van der Waals surface area contributed by atoms with Gasteiger partial charge in [-0.15, -0.1) is 9.94 Å². The third-order valence-electron chi connectivity index (χ3n) is 2.27. The predicted octanol–water partition coefficient (Wildman–Crippen LogP) is 1.57. The van der Waals surface area contributed by atoms with Crippen molar-refractivity contribution in [2.45, 2.75) is 19.6 Å². The van der Waals surface area contributed by atoms with E-state index in [4.69, 9.17) is 4.84 Å². The summed E-state index contributed by atoms with van der Waals surface area (Å²) in [5, 5.41) is 13.3. The van der Waals surface area contributed by atoms with E-state index < -0.39 is 6.10 Å². The van der Waals surface area contributed by atoms with Crippen LogP contribution in [0.1, 0.15) is 24.2 Å². The van der Waals surface area contributed by atoms with Crippen LogP contribution >= 0.6 is 0 Å². The summed E-state index contributed by atoms with van der Waals surface area (Å²) in [7, 11) is 0. The van der Waals surface area contributed by atoms with E-state index in [1.807, 2.05) is 30.3 Å². The third kappa shape index (κ3) is 2.61. The zero-order valence-electron chi connectivity index (χ0n) is 9.08. The van der Waals surface area contributed by atoms with Gasteiger partial charge in [0.05, 0.1) is 18.5 Å². The van der Waals surface area contributed by atoms with E-state index in [1.54, 1.807) is 19.3 Å². The lowest BCUT2D eigenvalue weighted by Crippen LogP contribution is -2.11. The van der Waals surface area contributed by atoms with E-state index in [9.17, 15) is 5.11 Å². The molecular formula is C12H14N2O2. The molecule has 1 N–H and O–H groups in total. The van der Waals surface area contributed by atoms with Crippen LogP contribution in [0, 0.1) is 0 Å². The van der Waals surface area contributed by atoms with Crippen LogP contribution in [0.15, 0.2) is 42.7 Å². The highest BCUT2D eigenvalue weighted by molar-refractivity contribution is 5.13. The third-order valence-corrected chi connectivity index (χ3v) is 2.27. The van der Waals surface area contributed by atoms with Crippen molar-refractivity contribution in [1.82, 2.24) is 9.94 Å². The average molecular weight is 218 g/mol. The number of hydrogen-bond donors (Lipinski definition) is 1. The number of aliphatic hydroxyl groups excluding tert-OH is 1. The Balaban J connectivity index is 1.95. The molecule has 0 saturated heterocycles. The monoisotopic (exact) mass is 218 g/mol. The number of rotatable bonds is 4. The first-order chi connectivity index (χ1) is 7.75. The van der Waals surface area contributed by atoms with Crippen LogP contribution in [0.3, 0.4) is 0 Å². The minimum Gasteiger partial charge on any atom is -0.392 e. The molecule has 0 spiro atoms. The van der Waals surface area contributed by atoms with Crippen molar-refractivity contribution in [3.8, 4) is 0 Å². The summed E-state index contributed by atoms with van der Waals surface area (Å²) in [6.07, 6.45) is 2.75. The van der Waals surface area contributed by atoms with Crippen molar-refractivity contribution in [1.29, 1.82) is 0 Å². The van der Waals surface area contributed by atoms with Crippen molar-refractivity contribution in [3.63, 3.8) is 0 Å². The Labute approximate surface area is 94.1 Å². The van der Waals surface area contributed by atoms with Gasteiger partial charge in [0.15, 0.2) is 0 Å². The van der Waals surface area contributed by atoms with Gasteiger partial charge in [-0.1, -0.05) is 30.3 Å². The van der Waals surface area contributed by atoms with E-state index in [-0.39, 0.29) is 0 Å². The van der Waals surface area contributed by atoms with E-state index in [0.717, 1.165) is 11.1 Å². The summed E-state index contributed by atoms with van der Waals surface area (Å²) in [5.41, 5.74) is 1.82. The smallest absolute Gasteiger partial charge is 0.142 e. The number of benzene rings is 1. The molecule has 0 bridgehead atoms. The van der Waals surface area contributed by atoms with E-state index in [0.29, 0.717) is 6.61 Å². The summed E-state index contributed by atoms with van der Waals surface area (Å²) in [6, 6.07) is 9.85. The Morgan fingerprint density at radius 2 is 2.12 bits per heavy atom. The molecule has 84 valence electrons. The van der Waals surface area contributed by atoms with Crippen LogP contribution < -0.4 is 4.84 Å². The lowest BCUT2D eigenvalue weighted by atomic mass is 10.2. The zero-order valence-corrected chi connectivity index (χ0v) is 9.08. The maximum absolute atomic E-state index is 9.31. The number of aromatic nitrogens is 2. The highest BCUT2D eigenvalue weighted by Gasteiger charge is 2.04. The summed E-state index contributed by atoms with van der Waals surface area (Å²) < 4.78 is 0. The maximum Gasteiger partial charge on any atom is 0.142 e. The van der Waals surface area contributed by atoms with Crippen LogP contribution in [-0.4, -0.2) is 15.1 Å². The minimum atomic E-state index is -0.519.